The van der Waals surface area contributed by atoms with E-state index in [1.807, 2.05) is 0 Å². The van der Waals surface area contributed by atoms with Crippen molar-refractivity contribution in [3.8, 4) is 0 Å². The molecule has 88 valence electrons. The molecule has 0 amide bonds. The quantitative estimate of drug-likeness (QED) is 0.662. The molecule has 0 saturated carbocycles. The van der Waals surface area contributed by atoms with Gasteiger partial charge in [-0.2, -0.15) is 0 Å². The van der Waals surface area contributed by atoms with E-state index in [1.165, 1.54) is 0 Å². The average molecular weight is 218 g/mol. The van der Waals surface area contributed by atoms with Gasteiger partial charge in [0, 0.05) is 0 Å². The van der Waals surface area contributed by atoms with Crippen molar-refractivity contribution in [3.63, 3.8) is 0 Å². The van der Waals surface area contributed by atoms with Gasteiger partial charge in [-0.15, -0.1) is 0 Å². The van der Waals surface area contributed by atoms with Gasteiger partial charge in [-0.3, -0.25) is 4.79 Å². The minimum Gasteiger partial charge on any atom is -0.478 e. The van der Waals surface area contributed by atoms with Crippen molar-refractivity contribution in [2.75, 3.05) is 0 Å². The standard InChI is InChI=1S/C10H18O5/c1-5(2)7(11)8(9(12)13)15-10(14)6(3)4/h5-8,11H,1-4H3,(H,12,13). The first-order valence-corrected chi connectivity index (χ1v) is 4.88. The number of hydrogen-bond acceptors (Lipinski definition) is 4. The molecule has 0 aliphatic carbocycles. The minimum absolute atomic E-state index is 0.286. The molecular weight excluding hydrogens is 200 g/mol. The molecule has 15 heavy (non-hydrogen) atoms. The van der Waals surface area contributed by atoms with Crippen molar-refractivity contribution in [1.82, 2.24) is 0 Å². The first-order valence-electron chi connectivity index (χ1n) is 4.88. The SMILES string of the molecule is CC(C)C(=O)OC(C(=O)O)C(O)C(C)C. The van der Waals surface area contributed by atoms with Crippen LogP contribution in [0, 0.1) is 11.8 Å². The zero-order valence-corrected chi connectivity index (χ0v) is 9.43. The third-order valence-electron chi connectivity index (χ3n) is 1.95. The molecule has 0 aromatic carbocycles. The van der Waals surface area contributed by atoms with Crippen molar-refractivity contribution in [3.05, 3.63) is 0 Å². The third kappa shape index (κ3) is 4.29. The van der Waals surface area contributed by atoms with E-state index >= 15 is 0 Å². The van der Waals surface area contributed by atoms with Crippen molar-refractivity contribution in [2.45, 2.75) is 39.9 Å². The Labute approximate surface area is 89.0 Å². The normalized spacial score (nSPS) is 15.1. The molecule has 2 atom stereocenters. The highest BCUT2D eigenvalue weighted by Crippen LogP contribution is 2.12. The third-order valence-corrected chi connectivity index (χ3v) is 1.95. The van der Waals surface area contributed by atoms with Crippen molar-refractivity contribution < 1.29 is 24.5 Å². The second-order valence-corrected chi connectivity index (χ2v) is 4.09. The number of rotatable bonds is 5. The lowest BCUT2D eigenvalue weighted by Gasteiger charge is -2.22. The van der Waals surface area contributed by atoms with Crippen molar-refractivity contribution in [1.29, 1.82) is 0 Å². The molecule has 0 bridgehead atoms. The summed E-state index contributed by atoms with van der Waals surface area (Å²) < 4.78 is 4.71. The van der Waals surface area contributed by atoms with Crippen LogP contribution in [0.1, 0.15) is 27.7 Å². The lowest BCUT2D eigenvalue weighted by Crippen LogP contribution is -2.41. The number of esters is 1. The van der Waals surface area contributed by atoms with Crippen LogP contribution < -0.4 is 0 Å². The summed E-state index contributed by atoms with van der Waals surface area (Å²) in [5.74, 6) is -2.65. The predicted octanol–water partition coefficient (Wildman–Crippen LogP) is 0.656. The van der Waals surface area contributed by atoms with Gasteiger partial charge in [0.25, 0.3) is 0 Å². The molecule has 2 unspecified atom stereocenters. The number of aliphatic hydroxyl groups excluding tert-OH is 1. The maximum absolute atomic E-state index is 11.2. The Morgan fingerprint density at radius 1 is 1.13 bits per heavy atom. The van der Waals surface area contributed by atoms with E-state index in [1.54, 1.807) is 27.7 Å². The number of ether oxygens (including phenoxy) is 1. The van der Waals surface area contributed by atoms with E-state index in [4.69, 9.17) is 9.84 Å². The van der Waals surface area contributed by atoms with Gasteiger partial charge in [0.2, 0.25) is 6.10 Å². The number of carboxylic acid groups (broad SMARTS) is 1. The summed E-state index contributed by atoms with van der Waals surface area (Å²) >= 11 is 0. The van der Waals surface area contributed by atoms with E-state index in [0.29, 0.717) is 0 Å². The average Bonchev–Trinajstić information content (AvgIpc) is 2.11. The van der Waals surface area contributed by atoms with Crippen LogP contribution >= 0.6 is 0 Å². The summed E-state index contributed by atoms with van der Waals surface area (Å²) in [6, 6.07) is 0. The molecule has 0 saturated heterocycles. The summed E-state index contributed by atoms with van der Waals surface area (Å²) in [5, 5.41) is 18.3. The van der Waals surface area contributed by atoms with Crippen LogP contribution in [0.2, 0.25) is 0 Å². The van der Waals surface area contributed by atoms with Gasteiger partial charge in [-0.1, -0.05) is 27.7 Å². The maximum Gasteiger partial charge on any atom is 0.347 e. The number of aliphatic hydroxyl groups is 1. The van der Waals surface area contributed by atoms with Crippen molar-refractivity contribution >= 4 is 11.9 Å². The highest BCUT2D eigenvalue weighted by atomic mass is 16.6. The van der Waals surface area contributed by atoms with Crippen LogP contribution in [-0.4, -0.2) is 34.4 Å². The number of carbonyl (C=O) groups excluding carboxylic acids is 1. The van der Waals surface area contributed by atoms with E-state index in [9.17, 15) is 14.7 Å². The van der Waals surface area contributed by atoms with Gasteiger partial charge in [-0.25, -0.2) is 4.79 Å². The lowest BCUT2D eigenvalue weighted by atomic mass is 10.0. The monoisotopic (exact) mass is 218 g/mol. The number of aliphatic carboxylic acids is 1. The fourth-order valence-corrected chi connectivity index (χ4v) is 0.877. The fourth-order valence-electron chi connectivity index (χ4n) is 0.877. The first-order chi connectivity index (χ1) is 6.77. The summed E-state index contributed by atoms with van der Waals surface area (Å²) in [5.41, 5.74) is 0. The summed E-state index contributed by atoms with van der Waals surface area (Å²) in [7, 11) is 0. The molecule has 0 aliphatic rings. The Morgan fingerprint density at radius 3 is 1.87 bits per heavy atom. The van der Waals surface area contributed by atoms with Gasteiger partial charge in [-0.05, 0) is 5.92 Å². The second kappa shape index (κ2) is 5.70. The fraction of sp³-hybridized carbons (Fsp3) is 0.800. The molecule has 0 aromatic rings. The zero-order chi connectivity index (χ0) is 12.2. The zero-order valence-electron chi connectivity index (χ0n) is 9.43. The summed E-state index contributed by atoms with van der Waals surface area (Å²) in [4.78, 5) is 22.0. The van der Waals surface area contributed by atoms with Crippen molar-refractivity contribution in [2.24, 2.45) is 11.8 Å². The van der Waals surface area contributed by atoms with Gasteiger partial charge < -0.3 is 14.9 Å². The highest BCUT2D eigenvalue weighted by Gasteiger charge is 2.32. The number of carboxylic acids is 1. The van der Waals surface area contributed by atoms with E-state index < -0.39 is 30.1 Å². The Kier molecular flexibility index (Phi) is 5.28. The van der Waals surface area contributed by atoms with Gasteiger partial charge in [0.15, 0.2) is 0 Å². The molecule has 2 N–H and O–H groups in total. The Morgan fingerprint density at radius 2 is 1.60 bits per heavy atom. The molecule has 0 radical (unpaired) electrons. The van der Waals surface area contributed by atoms with Crippen LogP contribution in [-0.2, 0) is 14.3 Å². The summed E-state index contributed by atoms with van der Waals surface area (Å²) in [6.45, 7) is 6.51. The molecule has 0 fully saturated rings. The van der Waals surface area contributed by atoms with E-state index in [-0.39, 0.29) is 5.92 Å². The van der Waals surface area contributed by atoms with Crippen LogP contribution in [0.15, 0.2) is 0 Å². The second-order valence-electron chi connectivity index (χ2n) is 4.09. The largest absolute Gasteiger partial charge is 0.478 e. The number of hydrogen-bond donors (Lipinski definition) is 2. The lowest BCUT2D eigenvalue weighted by molar-refractivity contribution is -0.175. The molecule has 0 spiro atoms. The van der Waals surface area contributed by atoms with E-state index in [2.05, 4.69) is 0 Å². The Bertz CT molecular complexity index is 234. The smallest absolute Gasteiger partial charge is 0.347 e. The minimum atomic E-state index is -1.49. The van der Waals surface area contributed by atoms with Gasteiger partial charge in [0.05, 0.1) is 5.92 Å². The van der Waals surface area contributed by atoms with E-state index in [0.717, 1.165) is 0 Å². The van der Waals surface area contributed by atoms with Crippen LogP contribution in [0.4, 0.5) is 0 Å². The predicted molar refractivity (Wildman–Crippen MR) is 53.2 cm³/mol. The maximum atomic E-state index is 11.2. The molecule has 0 aliphatic heterocycles. The van der Waals surface area contributed by atoms with Crippen LogP contribution in [0.25, 0.3) is 0 Å². The molecule has 0 heterocycles. The molecule has 5 nitrogen and oxygen atoms in total. The molecular formula is C10H18O5. The summed E-state index contributed by atoms with van der Waals surface area (Å²) in [6.07, 6.45) is -2.68. The van der Waals surface area contributed by atoms with Gasteiger partial charge in [0.1, 0.15) is 6.10 Å². The highest BCUT2D eigenvalue weighted by molar-refractivity contribution is 5.79. The molecule has 0 aromatic heterocycles. The Balaban J connectivity index is 4.55. The molecule has 0 rings (SSSR count). The first kappa shape index (κ1) is 13.9. The van der Waals surface area contributed by atoms with Crippen LogP contribution in [0.5, 0.6) is 0 Å². The van der Waals surface area contributed by atoms with Gasteiger partial charge >= 0.3 is 11.9 Å². The number of carbonyl (C=O) groups is 2. The Hall–Kier alpha value is -1.10. The van der Waals surface area contributed by atoms with Crippen LogP contribution in [0.3, 0.4) is 0 Å². The molecule has 5 heteroatoms. The topological polar surface area (TPSA) is 83.8 Å².